The van der Waals surface area contributed by atoms with Crippen LogP contribution in [0.2, 0.25) is 0 Å². The molecular formula is C24H26N4O3S. The third-order valence-electron chi connectivity index (χ3n) is 6.10. The minimum atomic E-state index is -2.30. The van der Waals surface area contributed by atoms with Crippen LogP contribution in [0.25, 0.3) is 0 Å². The Morgan fingerprint density at radius 3 is 2.81 bits per heavy atom. The Labute approximate surface area is 188 Å². The number of hydrogen-bond acceptors (Lipinski definition) is 7. The number of benzene rings is 1. The van der Waals surface area contributed by atoms with Gasteiger partial charge in [0.15, 0.2) is 0 Å². The Balaban J connectivity index is 1.28. The van der Waals surface area contributed by atoms with Crippen molar-refractivity contribution in [2.75, 3.05) is 19.4 Å². The van der Waals surface area contributed by atoms with Gasteiger partial charge >= 0.3 is 6.01 Å². The Morgan fingerprint density at radius 1 is 1.16 bits per heavy atom. The Kier molecular flexibility index (Phi) is 5.35. The summed E-state index contributed by atoms with van der Waals surface area (Å²) in [5, 5.41) is 0. The quantitative estimate of drug-likeness (QED) is 0.551. The van der Waals surface area contributed by atoms with Crippen LogP contribution in [-0.4, -0.2) is 49.3 Å². The number of aromatic nitrogens is 3. The first-order valence-electron chi connectivity index (χ1n) is 10.7. The SMILES string of the molecule is C=S(C)(=O)c1ccc(Oc2ncc3c(n2)CCN(C(C)c2ccc4c(c2)OCC4)C3)nc1. The molecule has 2 aliphatic heterocycles. The molecule has 0 saturated carbocycles. The molecule has 2 atom stereocenters. The van der Waals surface area contributed by atoms with Gasteiger partial charge in [-0.05, 0) is 45.6 Å². The molecule has 1 aromatic carbocycles. The van der Waals surface area contributed by atoms with Crippen molar-refractivity contribution in [1.29, 1.82) is 0 Å². The maximum Gasteiger partial charge on any atom is 0.323 e. The molecule has 0 amide bonds. The van der Waals surface area contributed by atoms with Crippen LogP contribution in [0.15, 0.2) is 47.6 Å². The van der Waals surface area contributed by atoms with E-state index in [-0.39, 0.29) is 12.1 Å². The van der Waals surface area contributed by atoms with E-state index in [0.29, 0.717) is 10.8 Å². The van der Waals surface area contributed by atoms with Gasteiger partial charge in [0, 0.05) is 67.1 Å². The lowest BCUT2D eigenvalue weighted by Crippen LogP contribution is -2.33. The highest BCUT2D eigenvalue weighted by Crippen LogP contribution is 2.33. The molecule has 0 N–H and O–H groups in total. The van der Waals surface area contributed by atoms with Gasteiger partial charge in [0.2, 0.25) is 5.88 Å². The fourth-order valence-electron chi connectivity index (χ4n) is 4.13. The van der Waals surface area contributed by atoms with Gasteiger partial charge in [-0.3, -0.25) is 9.11 Å². The van der Waals surface area contributed by atoms with Gasteiger partial charge < -0.3 is 9.47 Å². The third kappa shape index (κ3) is 4.20. The number of hydrogen-bond donors (Lipinski definition) is 0. The topological polar surface area (TPSA) is 77.4 Å². The standard InChI is InChI=1S/C24H26N4O3S/c1-16(18-5-4-17-9-11-30-22(17)12-18)28-10-8-21-19(15-28)13-26-24(27-21)31-23-7-6-20(14-25-23)32(2,3)29/h4-7,12-14,16H,2,8-11,15H2,1,3H3. The van der Waals surface area contributed by atoms with Gasteiger partial charge in [-0.15, -0.1) is 0 Å². The molecule has 0 saturated heterocycles. The summed E-state index contributed by atoms with van der Waals surface area (Å²) in [6.07, 6.45) is 6.76. The van der Waals surface area contributed by atoms with E-state index in [0.717, 1.165) is 49.5 Å². The molecule has 3 aromatic rings. The summed E-state index contributed by atoms with van der Waals surface area (Å²) in [7, 11) is -2.30. The second kappa shape index (κ2) is 8.18. The number of pyridine rings is 1. The van der Waals surface area contributed by atoms with E-state index >= 15 is 0 Å². The molecule has 32 heavy (non-hydrogen) atoms. The minimum Gasteiger partial charge on any atom is -0.493 e. The number of rotatable bonds is 5. The van der Waals surface area contributed by atoms with Crippen molar-refractivity contribution in [2.45, 2.75) is 37.2 Å². The second-order valence-electron chi connectivity index (χ2n) is 8.43. The number of nitrogens with zero attached hydrogens (tertiary/aromatic N) is 4. The van der Waals surface area contributed by atoms with Crippen molar-refractivity contribution in [1.82, 2.24) is 19.9 Å². The van der Waals surface area contributed by atoms with E-state index in [1.807, 2.05) is 6.20 Å². The Morgan fingerprint density at radius 2 is 2.03 bits per heavy atom. The monoisotopic (exact) mass is 450 g/mol. The molecule has 2 unspecified atom stereocenters. The van der Waals surface area contributed by atoms with Crippen molar-refractivity contribution in [2.24, 2.45) is 0 Å². The summed E-state index contributed by atoms with van der Waals surface area (Å²) in [5.74, 6) is 5.05. The number of ether oxygens (including phenoxy) is 2. The van der Waals surface area contributed by atoms with Gasteiger partial charge in [0.1, 0.15) is 5.75 Å². The summed E-state index contributed by atoms with van der Waals surface area (Å²) < 4.78 is 23.5. The molecular weight excluding hydrogens is 424 g/mol. The van der Waals surface area contributed by atoms with Crippen LogP contribution in [-0.2, 0) is 28.9 Å². The third-order valence-corrected chi connectivity index (χ3v) is 7.33. The van der Waals surface area contributed by atoms with Crippen molar-refractivity contribution >= 4 is 15.4 Å². The van der Waals surface area contributed by atoms with Crippen LogP contribution in [0.1, 0.15) is 35.3 Å². The first-order valence-corrected chi connectivity index (χ1v) is 12.8. The van der Waals surface area contributed by atoms with E-state index in [2.05, 4.69) is 50.8 Å². The number of fused-ring (bicyclic) bond motifs is 2. The zero-order valence-corrected chi connectivity index (χ0v) is 19.1. The smallest absolute Gasteiger partial charge is 0.323 e. The molecule has 0 radical (unpaired) electrons. The predicted octanol–water partition coefficient (Wildman–Crippen LogP) is 3.42. The van der Waals surface area contributed by atoms with Crippen LogP contribution in [0.4, 0.5) is 0 Å². The van der Waals surface area contributed by atoms with E-state index in [1.54, 1.807) is 18.4 Å². The van der Waals surface area contributed by atoms with E-state index < -0.39 is 9.52 Å². The molecule has 166 valence electrons. The highest BCUT2D eigenvalue weighted by Gasteiger charge is 2.25. The van der Waals surface area contributed by atoms with E-state index in [1.165, 1.54) is 17.3 Å². The van der Waals surface area contributed by atoms with Crippen molar-refractivity contribution < 1.29 is 13.7 Å². The predicted molar refractivity (Wildman–Crippen MR) is 124 cm³/mol. The summed E-state index contributed by atoms with van der Waals surface area (Å²) in [6, 6.07) is 10.5. The van der Waals surface area contributed by atoms with Gasteiger partial charge in [-0.1, -0.05) is 12.1 Å². The summed E-state index contributed by atoms with van der Waals surface area (Å²) >= 11 is 0. The Bertz CT molecular complexity index is 1260. The van der Waals surface area contributed by atoms with Crippen LogP contribution < -0.4 is 9.47 Å². The zero-order chi connectivity index (χ0) is 22.3. The summed E-state index contributed by atoms with van der Waals surface area (Å²) in [4.78, 5) is 16.2. The molecule has 5 rings (SSSR count). The van der Waals surface area contributed by atoms with Crippen molar-refractivity contribution in [3.8, 4) is 17.6 Å². The molecule has 0 bridgehead atoms. The van der Waals surface area contributed by atoms with Gasteiger partial charge in [0.05, 0.1) is 12.3 Å². The van der Waals surface area contributed by atoms with Crippen LogP contribution in [0, 0.1) is 0 Å². The normalized spacial score (nSPS) is 18.2. The lowest BCUT2D eigenvalue weighted by atomic mass is 10.00. The van der Waals surface area contributed by atoms with E-state index in [9.17, 15) is 4.21 Å². The molecule has 4 heterocycles. The molecule has 2 aliphatic rings. The average Bonchev–Trinajstić information content (AvgIpc) is 3.26. The van der Waals surface area contributed by atoms with E-state index in [4.69, 9.17) is 9.47 Å². The van der Waals surface area contributed by atoms with Crippen LogP contribution >= 0.6 is 0 Å². The van der Waals surface area contributed by atoms with Crippen molar-refractivity contribution in [3.05, 3.63) is 65.1 Å². The average molecular weight is 451 g/mol. The maximum absolute atomic E-state index is 12.0. The van der Waals surface area contributed by atoms with Gasteiger partial charge in [-0.25, -0.2) is 9.97 Å². The lowest BCUT2D eigenvalue weighted by Gasteiger charge is -2.33. The highest BCUT2D eigenvalue weighted by atomic mass is 32.2. The fourth-order valence-corrected chi connectivity index (χ4v) is 4.76. The molecule has 0 fully saturated rings. The molecule has 2 aromatic heterocycles. The fraction of sp³-hybridized carbons (Fsp3) is 0.333. The van der Waals surface area contributed by atoms with Crippen LogP contribution in [0.5, 0.6) is 17.6 Å². The molecule has 7 nitrogen and oxygen atoms in total. The molecule has 0 aliphatic carbocycles. The summed E-state index contributed by atoms with van der Waals surface area (Å²) in [6.45, 7) is 4.70. The maximum atomic E-state index is 12.0. The first-order chi connectivity index (χ1) is 15.4. The van der Waals surface area contributed by atoms with Crippen LogP contribution in [0.3, 0.4) is 0 Å². The molecule has 8 heteroatoms. The first kappa shape index (κ1) is 20.9. The van der Waals surface area contributed by atoms with Gasteiger partial charge in [0.25, 0.3) is 0 Å². The van der Waals surface area contributed by atoms with Gasteiger partial charge in [-0.2, -0.15) is 4.98 Å². The second-order valence-corrected chi connectivity index (χ2v) is 10.9. The highest BCUT2D eigenvalue weighted by molar-refractivity contribution is 7.99. The van der Waals surface area contributed by atoms with Crippen molar-refractivity contribution in [3.63, 3.8) is 0 Å². The molecule has 0 spiro atoms. The lowest BCUT2D eigenvalue weighted by molar-refractivity contribution is 0.189. The minimum absolute atomic E-state index is 0.271. The largest absolute Gasteiger partial charge is 0.493 e. The Hall–Kier alpha value is -2.97. The summed E-state index contributed by atoms with van der Waals surface area (Å²) in [5.41, 5.74) is 4.67. The zero-order valence-electron chi connectivity index (χ0n) is 18.3.